The minimum absolute atomic E-state index is 0.191. The van der Waals surface area contributed by atoms with Crippen LogP contribution in [0.2, 0.25) is 0 Å². The Bertz CT molecular complexity index is 886. The highest BCUT2D eigenvalue weighted by atomic mass is 16.3. The van der Waals surface area contributed by atoms with Crippen LogP contribution in [0.4, 0.5) is 5.69 Å². The Kier molecular flexibility index (Phi) is 5.57. The fraction of sp³-hybridized carbons (Fsp3) is 0.0500. The number of nitrogens with zero attached hydrogens (tertiary/aromatic N) is 1. The molecule has 2 amide bonds. The van der Waals surface area contributed by atoms with Crippen molar-refractivity contribution in [3.63, 3.8) is 0 Å². The summed E-state index contributed by atoms with van der Waals surface area (Å²) in [6.07, 6.45) is 7.98. The lowest BCUT2D eigenvalue weighted by Gasteiger charge is -2.06. The maximum Gasteiger partial charge on any atom is 0.291 e. The molecular weight excluding hydrogens is 330 g/mol. The minimum atomic E-state index is -0.309. The second-order valence-electron chi connectivity index (χ2n) is 5.47. The molecule has 26 heavy (non-hydrogen) atoms. The number of hydrogen-bond donors (Lipinski definition) is 2. The van der Waals surface area contributed by atoms with E-state index in [1.807, 2.05) is 24.3 Å². The Balaban J connectivity index is 1.49. The lowest BCUT2D eigenvalue weighted by atomic mass is 10.2. The van der Waals surface area contributed by atoms with Gasteiger partial charge in [0.05, 0.1) is 6.26 Å². The van der Waals surface area contributed by atoms with E-state index in [0.29, 0.717) is 12.2 Å². The van der Waals surface area contributed by atoms with Gasteiger partial charge in [0, 0.05) is 30.7 Å². The summed E-state index contributed by atoms with van der Waals surface area (Å²) in [6, 6.07) is 14.1. The van der Waals surface area contributed by atoms with Crippen LogP contribution in [-0.4, -0.2) is 16.8 Å². The largest absolute Gasteiger partial charge is 0.459 e. The Morgan fingerprint density at radius 3 is 2.62 bits per heavy atom. The van der Waals surface area contributed by atoms with Gasteiger partial charge in [-0.1, -0.05) is 18.2 Å². The molecule has 6 nitrogen and oxygen atoms in total. The third-order valence-corrected chi connectivity index (χ3v) is 3.54. The summed E-state index contributed by atoms with van der Waals surface area (Å²) in [5.41, 5.74) is 2.43. The van der Waals surface area contributed by atoms with Crippen LogP contribution < -0.4 is 10.6 Å². The van der Waals surface area contributed by atoms with Crippen LogP contribution in [0, 0.1) is 0 Å². The van der Waals surface area contributed by atoms with Crippen molar-refractivity contribution in [3.8, 4) is 0 Å². The zero-order valence-corrected chi connectivity index (χ0v) is 13.9. The number of carbonyl (C=O) groups excluding carboxylic acids is 2. The normalized spacial score (nSPS) is 10.6. The summed E-state index contributed by atoms with van der Waals surface area (Å²) in [5.74, 6) is -0.248. The van der Waals surface area contributed by atoms with E-state index in [0.717, 1.165) is 11.1 Å². The van der Waals surface area contributed by atoms with Crippen molar-refractivity contribution in [2.24, 2.45) is 0 Å². The maximum absolute atomic E-state index is 11.9. The number of furan rings is 1. The average molecular weight is 347 g/mol. The van der Waals surface area contributed by atoms with E-state index in [2.05, 4.69) is 15.6 Å². The average Bonchev–Trinajstić information content (AvgIpc) is 3.22. The molecule has 0 aliphatic heterocycles. The molecule has 0 aliphatic carbocycles. The van der Waals surface area contributed by atoms with Crippen molar-refractivity contribution in [3.05, 3.63) is 90.2 Å². The van der Waals surface area contributed by atoms with Gasteiger partial charge in [-0.2, -0.15) is 0 Å². The standard InChI is InChI=1S/C20H17N3O3/c24-19(10-7-15-3-1-11-21-13-15)22-14-16-5-8-17(9-6-16)23-20(25)18-4-2-12-26-18/h1-13H,14H2,(H,22,24)(H,23,25)/b10-7+. The van der Waals surface area contributed by atoms with Crippen LogP contribution in [0.5, 0.6) is 0 Å². The zero-order chi connectivity index (χ0) is 18.2. The highest BCUT2D eigenvalue weighted by Gasteiger charge is 2.08. The van der Waals surface area contributed by atoms with Gasteiger partial charge in [-0.3, -0.25) is 14.6 Å². The number of aromatic nitrogens is 1. The second-order valence-corrected chi connectivity index (χ2v) is 5.47. The molecule has 0 unspecified atom stereocenters. The van der Waals surface area contributed by atoms with Gasteiger partial charge in [-0.25, -0.2) is 0 Å². The third kappa shape index (κ3) is 4.91. The van der Waals surface area contributed by atoms with Crippen molar-refractivity contribution in [2.45, 2.75) is 6.54 Å². The zero-order valence-electron chi connectivity index (χ0n) is 13.9. The van der Waals surface area contributed by atoms with E-state index >= 15 is 0 Å². The van der Waals surface area contributed by atoms with Crippen molar-refractivity contribution in [2.75, 3.05) is 5.32 Å². The van der Waals surface area contributed by atoms with E-state index in [1.54, 1.807) is 42.7 Å². The SMILES string of the molecule is O=C(/C=C/c1cccnc1)NCc1ccc(NC(=O)c2ccco2)cc1. The van der Waals surface area contributed by atoms with Crippen LogP contribution in [0.15, 0.2) is 77.7 Å². The molecule has 3 rings (SSSR count). The first-order chi connectivity index (χ1) is 12.7. The summed E-state index contributed by atoms with van der Waals surface area (Å²) < 4.78 is 5.04. The molecule has 0 aliphatic rings. The highest BCUT2D eigenvalue weighted by molar-refractivity contribution is 6.02. The van der Waals surface area contributed by atoms with E-state index < -0.39 is 0 Å². The molecule has 1 aromatic carbocycles. The van der Waals surface area contributed by atoms with Gasteiger partial charge in [0.25, 0.3) is 5.91 Å². The lowest BCUT2D eigenvalue weighted by Crippen LogP contribution is -2.20. The fourth-order valence-corrected chi connectivity index (χ4v) is 2.20. The number of carbonyl (C=O) groups is 2. The van der Waals surface area contributed by atoms with Gasteiger partial charge in [-0.15, -0.1) is 0 Å². The number of nitrogens with one attached hydrogen (secondary N) is 2. The first-order valence-electron chi connectivity index (χ1n) is 8.00. The number of benzene rings is 1. The Hall–Kier alpha value is -3.67. The molecule has 2 aromatic heterocycles. The number of rotatable bonds is 6. The predicted octanol–water partition coefficient (Wildman–Crippen LogP) is 3.26. The van der Waals surface area contributed by atoms with Gasteiger partial charge in [0.15, 0.2) is 5.76 Å². The van der Waals surface area contributed by atoms with Gasteiger partial charge in [0.2, 0.25) is 5.91 Å². The molecule has 6 heteroatoms. The van der Waals surface area contributed by atoms with Crippen molar-refractivity contribution < 1.29 is 14.0 Å². The monoisotopic (exact) mass is 347 g/mol. The number of hydrogen-bond acceptors (Lipinski definition) is 4. The highest BCUT2D eigenvalue weighted by Crippen LogP contribution is 2.11. The molecule has 0 radical (unpaired) electrons. The van der Waals surface area contributed by atoms with E-state index in [-0.39, 0.29) is 17.6 Å². The molecule has 0 spiro atoms. The molecule has 130 valence electrons. The smallest absolute Gasteiger partial charge is 0.291 e. The van der Waals surface area contributed by atoms with Crippen LogP contribution in [-0.2, 0) is 11.3 Å². The van der Waals surface area contributed by atoms with Gasteiger partial charge >= 0.3 is 0 Å². The fourth-order valence-electron chi connectivity index (χ4n) is 2.20. The molecule has 0 bridgehead atoms. The van der Waals surface area contributed by atoms with Crippen LogP contribution in [0.1, 0.15) is 21.7 Å². The first-order valence-corrected chi connectivity index (χ1v) is 8.00. The molecular formula is C20H17N3O3. The Morgan fingerprint density at radius 1 is 1.08 bits per heavy atom. The van der Waals surface area contributed by atoms with E-state index in [4.69, 9.17) is 4.42 Å². The molecule has 0 fully saturated rings. The van der Waals surface area contributed by atoms with Crippen LogP contribution >= 0.6 is 0 Å². The summed E-state index contributed by atoms with van der Waals surface area (Å²) in [4.78, 5) is 27.7. The Labute approximate surface area is 150 Å². The summed E-state index contributed by atoms with van der Waals surface area (Å²) in [5, 5.41) is 5.54. The molecule has 3 aromatic rings. The lowest BCUT2D eigenvalue weighted by molar-refractivity contribution is -0.116. The van der Waals surface area contributed by atoms with Crippen molar-refractivity contribution >= 4 is 23.6 Å². The van der Waals surface area contributed by atoms with Gasteiger partial charge in [0.1, 0.15) is 0 Å². The minimum Gasteiger partial charge on any atom is -0.459 e. The maximum atomic E-state index is 11.9. The van der Waals surface area contributed by atoms with E-state index in [9.17, 15) is 9.59 Å². The first kappa shape index (κ1) is 17.2. The molecule has 0 saturated carbocycles. The Morgan fingerprint density at radius 2 is 1.92 bits per heavy atom. The third-order valence-electron chi connectivity index (χ3n) is 3.54. The van der Waals surface area contributed by atoms with E-state index in [1.165, 1.54) is 12.3 Å². The molecule has 0 saturated heterocycles. The summed E-state index contributed by atoms with van der Waals surface area (Å²) >= 11 is 0. The van der Waals surface area contributed by atoms with Gasteiger partial charge < -0.3 is 15.1 Å². The molecule has 2 heterocycles. The second kappa shape index (κ2) is 8.43. The summed E-state index contributed by atoms with van der Waals surface area (Å²) in [7, 11) is 0. The summed E-state index contributed by atoms with van der Waals surface area (Å²) in [6.45, 7) is 0.391. The number of anilines is 1. The number of pyridine rings is 1. The number of amides is 2. The van der Waals surface area contributed by atoms with Crippen molar-refractivity contribution in [1.29, 1.82) is 0 Å². The topological polar surface area (TPSA) is 84.2 Å². The quantitative estimate of drug-likeness (QED) is 0.670. The molecule has 2 N–H and O–H groups in total. The molecule has 0 atom stereocenters. The predicted molar refractivity (Wildman–Crippen MR) is 98.2 cm³/mol. The van der Waals surface area contributed by atoms with Crippen molar-refractivity contribution in [1.82, 2.24) is 10.3 Å². The van der Waals surface area contributed by atoms with Crippen LogP contribution in [0.3, 0.4) is 0 Å². The van der Waals surface area contributed by atoms with Gasteiger partial charge in [-0.05, 0) is 47.5 Å². The van der Waals surface area contributed by atoms with Crippen LogP contribution in [0.25, 0.3) is 6.08 Å².